The molecule has 144 valence electrons. The molecule has 1 heterocycles. The molecule has 0 saturated carbocycles. The molecular formula is C16H30N3O3PS2. The molecule has 0 saturated heterocycles. The van der Waals surface area contributed by atoms with Crippen molar-refractivity contribution in [3.63, 3.8) is 0 Å². The van der Waals surface area contributed by atoms with Crippen molar-refractivity contribution in [1.29, 1.82) is 0 Å². The van der Waals surface area contributed by atoms with Gasteiger partial charge < -0.3 is 14.2 Å². The molecule has 25 heavy (non-hydrogen) atoms. The first-order valence-electron chi connectivity index (χ1n) is 8.81. The monoisotopic (exact) mass is 407 g/mol. The van der Waals surface area contributed by atoms with E-state index in [-0.39, 0.29) is 0 Å². The normalized spacial score (nSPS) is 13.5. The molecule has 0 radical (unpaired) electrons. The second kappa shape index (κ2) is 12.0. The Morgan fingerprint density at radius 1 is 1.08 bits per heavy atom. The first-order chi connectivity index (χ1) is 12.0. The Kier molecular flexibility index (Phi) is 10.9. The molecule has 0 amide bonds. The van der Waals surface area contributed by atoms with E-state index in [1.807, 2.05) is 19.9 Å². The van der Waals surface area contributed by atoms with Crippen LogP contribution in [0.4, 0.5) is 5.95 Å². The highest BCUT2D eigenvalue weighted by molar-refractivity contribution is 8.89. The summed E-state index contributed by atoms with van der Waals surface area (Å²) in [5, 5.41) is 0. The molecule has 1 aromatic rings. The van der Waals surface area contributed by atoms with Crippen LogP contribution in [0.2, 0.25) is 0 Å². The molecule has 0 aliphatic heterocycles. The van der Waals surface area contributed by atoms with Gasteiger partial charge in [-0.2, -0.15) is 4.98 Å². The molecular weight excluding hydrogens is 377 g/mol. The van der Waals surface area contributed by atoms with E-state index in [0.29, 0.717) is 30.8 Å². The third-order valence-electron chi connectivity index (χ3n) is 3.19. The Hall–Kier alpha value is -0.430. The molecule has 9 heteroatoms. The molecule has 1 rings (SSSR count). The van der Waals surface area contributed by atoms with E-state index in [9.17, 15) is 4.57 Å². The second-order valence-corrected chi connectivity index (χ2v) is 12.6. The number of aromatic nitrogens is 2. The highest BCUT2D eigenvalue weighted by Gasteiger charge is 2.25. The molecule has 0 aromatic carbocycles. The van der Waals surface area contributed by atoms with Gasteiger partial charge in [0.15, 0.2) is 0 Å². The lowest BCUT2D eigenvalue weighted by atomic mass is 10.4. The predicted molar refractivity (Wildman–Crippen MR) is 110 cm³/mol. The average molecular weight is 408 g/mol. The van der Waals surface area contributed by atoms with Gasteiger partial charge in [0.25, 0.3) is 0 Å². The van der Waals surface area contributed by atoms with Crippen LogP contribution in [0, 0.1) is 0 Å². The Morgan fingerprint density at radius 2 is 1.80 bits per heavy atom. The highest BCUT2D eigenvalue weighted by atomic mass is 33.1. The maximum Gasteiger partial charge on any atom is 0.313 e. The van der Waals surface area contributed by atoms with E-state index in [4.69, 9.17) is 9.26 Å². The molecule has 0 N–H and O–H groups in total. The number of nitrogens with zero attached hydrogens (tertiary/aromatic N) is 3. The first kappa shape index (κ1) is 22.6. The van der Waals surface area contributed by atoms with Gasteiger partial charge in [-0.1, -0.05) is 29.7 Å². The van der Waals surface area contributed by atoms with Gasteiger partial charge in [0, 0.05) is 30.7 Å². The summed E-state index contributed by atoms with van der Waals surface area (Å²) in [6.07, 6.45) is 0.969. The van der Waals surface area contributed by atoms with E-state index < -0.39 is 5.77 Å². The van der Waals surface area contributed by atoms with Crippen molar-refractivity contribution in [3.8, 4) is 5.88 Å². The molecule has 0 fully saturated rings. The number of rotatable bonds is 13. The fraction of sp³-hybridized carbons (Fsp3) is 0.750. The third kappa shape index (κ3) is 7.77. The van der Waals surface area contributed by atoms with Crippen LogP contribution in [0.15, 0.2) is 6.07 Å². The van der Waals surface area contributed by atoms with Gasteiger partial charge >= 0.3 is 5.77 Å². The zero-order chi connectivity index (χ0) is 18.7. The van der Waals surface area contributed by atoms with E-state index in [1.165, 1.54) is 22.8 Å². The Bertz CT molecular complexity index is 559. The van der Waals surface area contributed by atoms with Crippen LogP contribution in [0.3, 0.4) is 0 Å². The highest BCUT2D eigenvalue weighted by Crippen LogP contribution is 2.70. The summed E-state index contributed by atoms with van der Waals surface area (Å²) in [5.74, 6) is -0.229. The van der Waals surface area contributed by atoms with E-state index in [1.54, 1.807) is 0 Å². The molecule has 0 bridgehead atoms. The summed E-state index contributed by atoms with van der Waals surface area (Å²) in [7, 11) is 0. The third-order valence-corrected chi connectivity index (χ3v) is 10.8. The van der Waals surface area contributed by atoms with Crippen LogP contribution in [-0.2, 0) is 14.8 Å². The van der Waals surface area contributed by atoms with E-state index in [2.05, 4.69) is 35.6 Å². The summed E-state index contributed by atoms with van der Waals surface area (Å²) in [6, 6.07) is 1.82. The van der Waals surface area contributed by atoms with Crippen molar-refractivity contribution >= 4 is 34.5 Å². The number of hydrogen-bond acceptors (Lipinski definition) is 8. The minimum absolute atomic E-state index is 0.444. The number of anilines is 1. The van der Waals surface area contributed by atoms with Gasteiger partial charge in [-0.15, -0.1) is 0 Å². The van der Waals surface area contributed by atoms with Crippen LogP contribution < -0.4 is 9.64 Å². The maximum absolute atomic E-state index is 12.9. The largest absolute Gasteiger partial charge is 0.478 e. The summed E-state index contributed by atoms with van der Waals surface area (Å²) in [5.41, 5.74) is 0.808. The van der Waals surface area contributed by atoms with Gasteiger partial charge in [-0.3, -0.25) is 4.57 Å². The van der Waals surface area contributed by atoms with Crippen LogP contribution >= 0.6 is 28.5 Å². The predicted octanol–water partition coefficient (Wildman–Crippen LogP) is 5.24. The smallest absolute Gasteiger partial charge is 0.313 e. The average Bonchev–Trinajstić information content (AvgIpc) is 2.60. The molecule has 1 unspecified atom stereocenters. The lowest BCUT2D eigenvalue weighted by molar-refractivity contribution is 0.326. The maximum atomic E-state index is 12.9. The van der Waals surface area contributed by atoms with Gasteiger partial charge in [0.2, 0.25) is 11.8 Å². The molecule has 6 nitrogen and oxygen atoms in total. The van der Waals surface area contributed by atoms with Crippen LogP contribution in [0.25, 0.3) is 0 Å². The molecule has 0 aliphatic rings. The fourth-order valence-corrected chi connectivity index (χ4v) is 8.61. The minimum Gasteiger partial charge on any atom is -0.478 e. The standard InChI is InChI=1S/C16H30N3O3PS2/c1-6-11-24-23(20,22-10-5)25-13-14-12-15(21-9-4)18-16(17-14)19(7-2)8-3/h12H,6-11,13H2,1-5H3. The van der Waals surface area contributed by atoms with Crippen LogP contribution in [0.1, 0.15) is 46.7 Å². The summed E-state index contributed by atoms with van der Waals surface area (Å²) in [4.78, 5) is 11.2. The lowest BCUT2D eigenvalue weighted by Crippen LogP contribution is -2.24. The molecule has 1 atom stereocenters. The minimum atomic E-state index is -2.77. The van der Waals surface area contributed by atoms with Crippen molar-refractivity contribution < 1.29 is 13.8 Å². The number of ether oxygens (including phenoxy) is 1. The molecule has 0 spiro atoms. The van der Waals surface area contributed by atoms with Gasteiger partial charge in [-0.05, 0) is 34.1 Å². The van der Waals surface area contributed by atoms with E-state index >= 15 is 0 Å². The van der Waals surface area contributed by atoms with Crippen molar-refractivity contribution in [3.05, 3.63) is 11.8 Å². The zero-order valence-corrected chi connectivity index (χ0v) is 18.4. The second-order valence-electron chi connectivity index (χ2n) is 5.07. The SMILES string of the molecule is CCCSP(=O)(OCC)SCc1cc(OCC)nc(N(CC)CC)n1. The Labute approximate surface area is 159 Å². The van der Waals surface area contributed by atoms with Crippen molar-refractivity contribution in [2.75, 3.05) is 37.0 Å². The topological polar surface area (TPSA) is 64.6 Å². The fourth-order valence-electron chi connectivity index (χ4n) is 2.02. The van der Waals surface area contributed by atoms with Crippen molar-refractivity contribution in [1.82, 2.24) is 9.97 Å². The quantitative estimate of drug-likeness (QED) is 0.411. The van der Waals surface area contributed by atoms with Crippen molar-refractivity contribution in [2.45, 2.75) is 46.8 Å². The lowest BCUT2D eigenvalue weighted by Gasteiger charge is -2.20. The Morgan fingerprint density at radius 3 is 2.36 bits per heavy atom. The molecule has 0 aliphatic carbocycles. The van der Waals surface area contributed by atoms with Crippen molar-refractivity contribution in [2.24, 2.45) is 0 Å². The van der Waals surface area contributed by atoms with Gasteiger partial charge in [0.1, 0.15) is 0 Å². The zero-order valence-electron chi connectivity index (χ0n) is 15.9. The van der Waals surface area contributed by atoms with E-state index in [0.717, 1.165) is 31.0 Å². The first-order valence-corrected chi connectivity index (χ1v) is 13.6. The van der Waals surface area contributed by atoms with Crippen LogP contribution in [-0.4, -0.2) is 42.0 Å². The van der Waals surface area contributed by atoms with Gasteiger partial charge in [0.05, 0.1) is 18.9 Å². The summed E-state index contributed by atoms with van der Waals surface area (Å²) < 4.78 is 24.0. The Balaban J connectivity index is 2.96. The number of hydrogen-bond donors (Lipinski definition) is 0. The summed E-state index contributed by atoms with van der Waals surface area (Å²) >= 11 is 2.75. The molecule has 1 aromatic heterocycles. The van der Waals surface area contributed by atoms with Crippen LogP contribution in [0.5, 0.6) is 5.88 Å². The summed E-state index contributed by atoms with van der Waals surface area (Å²) in [6.45, 7) is 12.6. The van der Waals surface area contributed by atoms with Gasteiger partial charge in [-0.25, -0.2) is 4.98 Å².